The van der Waals surface area contributed by atoms with Crippen molar-refractivity contribution in [1.82, 2.24) is 0 Å². The lowest BCUT2D eigenvalue weighted by Gasteiger charge is -2.10. The molecular formula is C20H24N2O6. The Morgan fingerprint density at radius 1 is 1.04 bits per heavy atom. The normalized spacial score (nSPS) is 10.5. The van der Waals surface area contributed by atoms with Gasteiger partial charge in [-0.1, -0.05) is 36.4 Å². The van der Waals surface area contributed by atoms with Gasteiger partial charge in [0.15, 0.2) is 0 Å². The summed E-state index contributed by atoms with van der Waals surface area (Å²) in [5.74, 6) is -0.741. The van der Waals surface area contributed by atoms with Gasteiger partial charge in [-0.3, -0.25) is 10.1 Å². The Labute approximate surface area is 163 Å². The molecule has 0 heterocycles. The molecule has 8 nitrogen and oxygen atoms in total. The van der Waals surface area contributed by atoms with E-state index in [2.05, 4.69) is 10.1 Å². The summed E-state index contributed by atoms with van der Waals surface area (Å²) in [6.07, 6.45) is 0.651. The highest BCUT2D eigenvalue weighted by atomic mass is 16.6. The SMILES string of the molecule is COC(=O)c1cccc(NCCCOCCOCc2ccccc2)c1[N+](=O)[O-]. The third-order valence-corrected chi connectivity index (χ3v) is 3.89. The minimum absolute atomic E-state index is 0.0793. The summed E-state index contributed by atoms with van der Waals surface area (Å²) in [6, 6.07) is 14.4. The number of nitro groups is 1. The Hall–Kier alpha value is -2.97. The van der Waals surface area contributed by atoms with E-state index in [4.69, 9.17) is 9.47 Å². The number of ether oxygens (including phenoxy) is 3. The number of hydrogen-bond donors (Lipinski definition) is 1. The molecule has 0 atom stereocenters. The highest BCUT2D eigenvalue weighted by Gasteiger charge is 2.24. The molecule has 150 valence electrons. The number of rotatable bonds is 12. The Kier molecular flexibility index (Phi) is 8.90. The molecule has 0 saturated heterocycles. The molecule has 0 fully saturated rings. The number of esters is 1. The first-order valence-electron chi connectivity index (χ1n) is 8.92. The molecule has 0 aromatic heterocycles. The minimum Gasteiger partial charge on any atom is -0.465 e. The van der Waals surface area contributed by atoms with E-state index in [1.165, 1.54) is 13.2 Å². The molecule has 0 spiro atoms. The maximum atomic E-state index is 11.7. The van der Waals surface area contributed by atoms with Gasteiger partial charge in [0, 0.05) is 13.2 Å². The third-order valence-electron chi connectivity index (χ3n) is 3.89. The monoisotopic (exact) mass is 388 g/mol. The van der Waals surface area contributed by atoms with Gasteiger partial charge in [-0.2, -0.15) is 0 Å². The van der Waals surface area contributed by atoms with E-state index in [-0.39, 0.29) is 16.9 Å². The first-order chi connectivity index (χ1) is 13.6. The zero-order valence-electron chi connectivity index (χ0n) is 15.8. The summed E-state index contributed by atoms with van der Waals surface area (Å²) in [5, 5.41) is 14.3. The number of carbonyl (C=O) groups excluding carboxylic acids is 1. The number of carbonyl (C=O) groups is 1. The smallest absolute Gasteiger partial charge is 0.344 e. The second-order valence-corrected chi connectivity index (χ2v) is 5.88. The van der Waals surface area contributed by atoms with Crippen LogP contribution >= 0.6 is 0 Å². The van der Waals surface area contributed by atoms with Gasteiger partial charge in [0.2, 0.25) is 0 Å². The van der Waals surface area contributed by atoms with Crippen LogP contribution in [0.15, 0.2) is 48.5 Å². The molecule has 0 aliphatic rings. The van der Waals surface area contributed by atoms with Crippen molar-refractivity contribution in [2.24, 2.45) is 0 Å². The van der Waals surface area contributed by atoms with Crippen LogP contribution in [0.2, 0.25) is 0 Å². The number of nitrogens with one attached hydrogen (secondary N) is 1. The predicted molar refractivity (Wildman–Crippen MR) is 104 cm³/mol. The van der Waals surface area contributed by atoms with Crippen LogP contribution < -0.4 is 5.32 Å². The Morgan fingerprint density at radius 2 is 1.79 bits per heavy atom. The zero-order chi connectivity index (χ0) is 20.2. The molecule has 0 radical (unpaired) electrons. The molecule has 0 unspecified atom stereocenters. The van der Waals surface area contributed by atoms with Gasteiger partial charge in [0.1, 0.15) is 11.3 Å². The van der Waals surface area contributed by atoms with Crippen LogP contribution in [0.25, 0.3) is 0 Å². The highest BCUT2D eigenvalue weighted by molar-refractivity contribution is 5.96. The largest absolute Gasteiger partial charge is 0.465 e. The van der Waals surface area contributed by atoms with Crippen molar-refractivity contribution in [3.05, 3.63) is 69.8 Å². The van der Waals surface area contributed by atoms with Gasteiger partial charge in [-0.15, -0.1) is 0 Å². The average molecular weight is 388 g/mol. The van der Waals surface area contributed by atoms with Crippen molar-refractivity contribution in [1.29, 1.82) is 0 Å². The lowest BCUT2D eigenvalue weighted by atomic mass is 10.1. The topological polar surface area (TPSA) is 99.9 Å². The van der Waals surface area contributed by atoms with Crippen molar-refractivity contribution < 1.29 is 23.9 Å². The van der Waals surface area contributed by atoms with Crippen LogP contribution in [-0.2, 0) is 20.8 Å². The number of benzene rings is 2. The van der Waals surface area contributed by atoms with E-state index in [1.54, 1.807) is 12.1 Å². The van der Waals surface area contributed by atoms with Gasteiger partial charge < -0.3 is 19.5 Å². The molecule has 1 N–H and O–H groups in total. The summed E-state index contributed by atoms with van der Waals surface area (Å²) in [5.41, 5.74) is 1.02. The van der Waals surface area contributed by atoms with E-state index < -0.39 is 10.9 Å². The lowest BCUT2D eigenvalue weighted by Crippen LogP contribution is -2.12. The van der Waals surface area contributed by atoms with E-state index >= 15 is 0 Å². The second kappa shape index (κ2) is 11.7. The fourth-order valence-electron chi connectivity index (χ4n) is 2.54. The Bertz CT molecular complexity index is 767. The van der Waals surface area contributed by atoms with E-state index in [0.717, 1.165) is 5.56 Å². The van der Waals surface area contributed by atoms with Crippen molar-refractivity contribution in [2.75, 3.05) is 38.8 Å². The molecule has 2 aromatic carbocycles. The molecule has 0 saturated carbocycles. The van der Waals surface area contributed by atoms with E-state index in [0.29, 0.717) is 39.4 Å². The summed E-state index contributed by atoms with van der Waals surface area (Å²) < 4.78 is 15.6. The molecular weight excluding hydrogens is 364 g/mol. The standard InChI is InChI=1S/C20H24N2O6/c1-26-20(23)17-9-5-10-18(19(17)22(24)25)21-11-6-12-27-13-14-28-15-16-7-3-2-4-8-16/h2-5,7-10,21H,6,11-15H2,1H3. The number of anilines is 1. The van der Waals surface area contributed by atoms with Crippen LogP contribution in [0.3, 0.4) is 0 Å². The highest BCUT2D eigenvalue weighted by Crippen LogP contribution is 2.29. The van der Waals surface area contributed by atoms with Crippen LogP contribution in [0.5, 0.6) is 0 Å². The second-order valence-electron chi connectivity index (χ2n) is 5.88. The van der Waals surface area contributed by atoms with Gasteiger partial charge in [0.25, 0.3) is 0 Å². The van der Waals surface area contributed by atoms with Gasteiger partial charge in [-0.05, 0) is 24.1 Å². The fourth-order valence-corrected chi connectivity index (χ4v) is 2.54. The third kappa shape index (κ3) is 6.64. The summed E-state index contributed by atoms with van der Waals surface area (Å²) in [6.45, 7) is 2.48. The van der Waals surface area contributed by atoms with E-state index in [9.17, 15) is 14.9 Å². The van der Waals surface area contributed by atoms with Crippen molar-refractivity contribution in [3.8, 4) is 0 Å². The Morgan fingerprint density at radius 3 is 2.50 bits per heavy atom. The van der Waals surface area contributed by atoms with Gasteiger partial charge >= 0.3 is 11.7 Å². The minimum atomic E-state index is -0.741. The van der Waals surface area contributed by atoms with Crippen molar-refractivity contribution in [2.45, 2.75) is 13.0 Å². The lowest BCUT2D eigenvalue weighted by molar-refractivity contribution is -0.384. The number of para-hydroxylation sites is 1. The first-order valence-corrected chi connectivity index (χ1v) is 8.92. The van der Waals surface area contributed by atoms with Crippen molar-refractivity contribution in [3.63, 3.8) is 0 Å². The van der Waals surface area contributed by atoms with Crippen LogP contribution in [-0.4, -0.2) is 44.4 Å². The number of methoxy groups -OCH3 is 1. The molecule has 0 amide bonds. The first kappa shape index (κ1) is 21.3. The molecule has 28 heavy (non-hydrogen) atoms. The fraction of sp³-hybridized carbons (Fsp3) is 0.350. The van der Waals surface area contributed by atoms with Crippen LogP contribution in [0, 0.1) is 10.1 Å². The number of nitro benzene ring substituents is 1. The Balaban J connectivity index is 1.67. The molecule has 2 rings (SSSR count). The maximum Gasteiger partial charge on any atom is 0.344 e. The predicted octanol–water partition coefficient (Wildman–Crippen LogP) is 3.42. The zero-order valence-corrected chi connectivity index (χ0v) is 15.8. The van der Waals surface area contributed by atoms with E-state index in [1.807, 2.05) is 30.3 Å². The number of hydrogen-bond acceptors (Lipinski definition) is 7. The van der Waals surface area contributed by atoms with Gasteiger partial charge in [-0.25, -0.2) is 4.79 Å². The quantitative estimate of drug-likeness (QED) is 0.257. The van der Waals surface area contributed by atoms with Gasteiger partial charge in [0.05, 0.1) is 31.9 Å². The molecule has 2 aromatic rings. The summed E-state index contributed by atoms with van der Waals surface area (Å²) in [7, 11) is 1.19. The molecule has 0 aliphatic heterocycles. The average Bonchev–Trinajstić information content (AvgIpc) is 2.72. The summed E-state index contributed by atoms with van der Waals surface area (Å²) >= 11 is 0. The van der Waals surface area contributed by atoms with Crippen molar-refractivity contribution >= 4 is 17.3 Å². The van der Waals surface area contributed by atoms with Crippen LogP contribution in [0.1, 0.15) is 22.3 Å². The molecule has 0 bridgehead atoms. The maximum absolute atomic E-state index is 11.7. The molecule has 8 heteroatoms. The number of nitrogens with zero attached hydrogens (tertiary/aromatic N) is 1. The molecule has 0 aliphatic carbocycles. The summed E-state index contributed by atoms with van der Waals surface area (Å²) in [4.78, 5) is 22.4. The van der Waals surface area contributed by atoms with Crippen LogP contribution in [0.4, 0.5) is 11.4 Å².